The lowest BCUT2D eigenvalue weighted by Gasteiger charge is -2.46. The molecule has 0 bridgehead atoms. The molecular formula is C19H30N2. The molecule has 2 aliphatic rings. The van der Waals surface area contributed by atoms with Crippen LogP contribution in [0.1, 0.15) is 70.4 Å². The Labute approximate surface area is 129 Å². The number of rotatable bonds is 4. The summed E-state index contributed by atoms with van der Waals surface area (Å²) in [6.45, 7) is 10.2. The first-order chi connectivity index (χ1) is 9.83. The van der Waals surface area contributed by atoms with Gasteiger partial charge < -0.3 is 10.6 Å². The van der Waals surface area contributed by atoms with E-state index < -0.39 is 0 Å². The van der Waals surface area contributed by atoms with Crippen LogP contribution in [0.4, 0.5) is 0 Å². The number of nitrogens with one attached hydrogen (secondary N) is 2. The molecule has 0 amide bonds. The Morgan fingerprint density at radius 2 is 1.57 bits per heavy atom. The molecule has 1 aromatic carbocycles. The molecule has 0 spiro atoms. The maximum absolute atomic E-state index is 3.77. The minimum atomic E-state index is 0.218. The number of hydrogen-bond acceptors (Lipinski definition) is 2. The zero-order valence-corrected chi connectivity index (χ0v) is 14.0. The second-order valence-corrected chi connectivity index (χ2v) is 8.39. The lowest BCUT2D eigenvalue weighted by molar-refractivity contribution is 0.145. The van der Waals surface area contributed by atoms with Crippen LogP contribution in [-0.2, 0) is 6.54 Å². The molecule has 0 radical (unpaired) electrons. The standard InChI is InChI=1S/C19H30N2/c1-18(2)11-17(12-19(3,4)21-18)20-13-14-5-7-15(8-6-14)16-9-10-16/h5-8,16-17,20-21H,9-13H2,1-4H3. The summed E-state index contributed by atoms with van der Waals surface area (Å²) < 4.78 is 0. The van der Waals surface area contributed by atoms with Crippen LogP contribution in [0.15, 0.2) is 24.3 Å². The smallest absolute Gasteiger partial charge is 0.0208 e. The zero-order chi connectivity index (χ0) is 15.1. The van der Waals surface area contributed by atoms with Crippen molar-refractivity contribution in [2.75, 3.05) is 0 Å². The third-order valence-corrected chi connectivity index (χ3v) is 4.81. The van der Waals surface area contributed by atoms with E-state index in [2.05, 4.69) is 62.6 Å². The van der Waals surface area contributed by atoms with Crippen LogP contribution < -0.4 is 10.6 Å². The highest BCUT2D eigenvalue weighted by atomic mass is 15.1. The molecule has 2 heteroatoms. The Balaban J connectivity index is 1.56. The Hall–Kier alpha value is -0.860. The van der Waals surface area contributed by atoms with Gasteiger partial charge in [0, 0.05) is 23.7 Å². The second kappa shape index (κ2) is 5.40. The van der Waals surface area contributed by atoms with E-state index in [1.54, 1.807) is 0 Å². The van der Waals surface area contributed by atoms with E-state index in [0.29, 0.717) is 6.04 Å². The first kappa shape index (κ1) is 15.1. The van der Waals surface area contributed by atoms with Crippen LogP contribution in [0.5, 0.6) is 0 Å². The number of piperidine rings is 1. The first-order valence-electron chi connectivity index (χ1n) is 8.45. The largest absolute Gasteiger partial charge is 0.310 e. The Kier molecular flexibility index (Phi) is 3.87. The molecular weight excluding hydrogens is 256 g/mol. The van der Waals surface area contributed by atoms with E-state index in [1.807, 2.05) is 0 Å². The Morgan fingerprint density at radius 3 is 2.10 bits per heavy atom. The number of hydrogen-bond donors (Lipinski definition) is 2. The summed E-state index contributed by atoms with van der Waals surface area (Å²) in [6, 6.07) is 9.85. The molecule has 2 nitrogen and oxygen atoms in total. The van der Waals surface area contributed by atoms with Crippen LogP contribution in [0.3, 0.4) is 0 Å². The van der Waals surface area contributed by atoms with Gasteiger partial charge in [-0.3, -0.25) is 0 Å². The quantitative estimate of drug-likeness (QED) is 0.875. The molecule has 3 rings (SSSR count). The van der Waals surface area contributed by atoms with Crippen molar-refractivity contribution >= 4 is 0 Å². The molecule has 2 N–H and O–H groups in total. The lowest BCUT2D eigenvalue weighted by atomic mass is 9.79. The summed E-state index contributed by atoms with van der Waals surface area (Å²) in [6.07, 6.45) is 5.15. The maximum atomic E-state index is 3.77. The van der Waals surface area contributed by atoms with Crippen LogP contribution in [0.2, 0.25) is 0 Å². The number of benzene rings is 1. The highest BCUT2D eigenvalue weighted by molar-refractivity contribution is 5.28. The van der Waals surface area contributed by atoms with Crippen LogP contribution >= 0.6 is 0 Å². The van der Waals surface area contributed by atoms with Crippen molar-refractivity contribution in [2.24, 2.45) is 0 Å². The third kappa shape index (κ3) is 4.08. The molecule has 1 aliphatic carbocycles. The van der Waals surface area contributed by atoms with Crippen molar-refractivity contribution in [3.63, 3.8) is 0 Å². The van der Waals surface area contributed by atoms with E-state index in [-0.39, 0.29) is 11.1 Å². The predicted octanol–water partition coefficient (Wildman–Crippen LogP) is 3.96. The van der Waals surface area contributed by atoms with Gasteiger partial charge in [0.15, 0.2) is 0 Å². The molecule has 1 heterocycles. The summed E-state index contributed by atoms with van der Waals surface area (Å²) in [5, 5.41) is 7.52. The van der Waals surface area contributed by atoms with Gasteiger partial charge in [-0.25, -0.2) is 0 Å². The molecule has 0 atom stereocenters. The Bertz CT molecular complexity index is 467. The maximum Gasteiger partial charge on any atom is 0.0208 e. The molecule has 1 saturated heterocycles. The van der Waals surface area contributed by atoms with Gasteiger partial charge in [-0.15, -0.1) is 0 Å². The van der Waals surface area contributed by atoms with Crippen molar-refractivity contribution in [2.45, 2.75) is 83.0 Å². The fourth-order valence-corrected chi connectivity index (χ4v) is 4.05. The predicted molar refractivity (Wildman–Crippen MR) is 89.6 cm³/mol. The van der Waals surface area contributed by atoms with Crippen molar-refractivity contribution in [3.8, 4) is 0 Å². The van der Waals surface area contributed by atoms with Crippen molar-refractivity contribution in [1.82, 2.24) is 10.6 Å². The second-order valence-electron chi connectivity index (χ2n) is 8.39. The van der Waals surface area contributed by atoms with E-state index in [4.69, 9.17) is 0 Å². The van der Waals surface area contributed by atoms with Gasteiger partial charge in [-0.2, -0.15) is 0 Å². The van der Waals surface area contributed by atoms with Crippen molar-refractivity contribution in [3.05, 3.63) is 35.4 Å². The van der Waals surface area contributed by atoms with E-state index in [1.165, 1.54) is 36.8 Å². The van der Waals surface area contributed by atoms with Gasteiger partial charge in [0.05, 0.1) is 0 Å². The minimum Gasteiger partial charge on any atom is -0.310 e. The topological polar surface area (TPSA) is 24.1 Å². The van der Waals surface area contributed by atoms with Gasteiger partial charge >= 0.3 is 0 Å². The molecule has 1 saturated carbocycles. The van der Waals surface area contributed by atoms with E-state index in [9.17, 15) is 0 Å². The molecule has 116 valence electrons. The average Bonchev–Trinajstić information content (AvgIpc) is 3.17. The summed E-state index contributed by atoms with van der Waals surface area (Å²) >= 11 is 0. The molecule has 0 aromatic heterocycles. The van der Waals surface area contributed by atoms with Gasteiger partial charge in [0.25, 0.3) is 0 Å². The first-order valence-corrected chi connectivity index (χ1v) is 8.45. The fraction of sp³-hybridized carbons (Fsp3) is 0.684. The minimum absolute atomic E-state index is 0.218. The monoisotopic (exact) mass is 286 g/mol. The summed E-state index contributed by atoms with van der Waals surface area (Å²) in [4.78, 5) is 0. The normalized spacial score (nSPS) is 25.0. The highest BCUT2D eigenvalue weighted by Gasteiger charge is 2.37. The van der Waals surface area contributed by atoms with Crippen molar-refractivity contribution in [1.29, 1.82) is 0 Å². The van der Waals surface area contributed by atoms with Gasteiger partial charge in [0.2, 0.25) is 0 Å². The zero-order valence-electron chi connectivity index (χ0n) is 14.0. The average molecular weight is 286 g/mol. The molecule has 0 unspecified atom stereocenters. The van der Waals surface area contributed by atoms with E-state index in [0.717, 1.165) is 12.5 Å². The third-order valence-electron chi connectivity index (χ3n) is 4.81. The summed E-state index contributed by atoms with van der Waals surface area (Å²) in [5.74, 6) is 0.859. The van der Waals surface area contributed by atoms with Crippen LogP contribution in [0.25, 0.3) is 0 Å². The molecule has 1 aromatic rings. The van der Waals surface area contributed by atoms with Crippen molar-refractivity contribution < 1.29 is 0 Å². The molecule has 2 fully saturated rings. The molecule has 21 heavy (non-hydrogen) atoms. The SMILES string of the molecule is CC1(C)CC(NCc2ccc(C3CC3)cc2)CC(C)(C)N1. The summed E-state index contributed by atoms with van der Waals surface area (Å²) in [7, 11) is 0. The van der Waals surface area contributed by atoms with Crippen LogP contribution in [0, 0.1) is 0 Å². The Morgan fingerprint density at radius 1 is 1.00 bits per heavy atom. The van der Waals surface area contributed by atoms with Gasteiger partial charge in [-0.05, 0) is 70.4 Å². The van der Waals surface area contributed by atoms with Gasteiger partial charge in [-0.1, -0.05) is 24.3 Å². The van der Waals surface area contributed by atoms with Crippen LogP contribution in [-0.4, -0.2) is 17.1 Å². The molecule has 1 aliphatic heterocycles. The highest BCUT2D eigenvalue weighted by Crippen LogP contribution is 2.39. The van der Waals surface area contributed by atoms with Gasteiger partial charge in [0.1, 0.15) is 0 Å². The fourth-order valence-electron chi connectivity index (χ4n) is 4.05. The lowest BCUT2D eigenvalue weighted by Crippen LogP contribution is -2.61. The summed E-state index contributed by atoms with van der Waals surface area (Å²) in [5.41, 5.74) is 3.38. The van der Waals surface area contributed by atoms with E-state index >= 15 is 0 Å².